The second kappa shape index (κ2) is 10.6. The number of piperazine rings is 1. The van der Waals surface area contributed by atoms with Gasteiger partial charge in [0.05, 0.1) is 0 Å². The Hall–Kier alpha value is -3.87. The summed E-state index contributed by atoms with van der Waals surface area (Å²) in [6.07, 6.45) is 0. The molecule has 1 aliphatic heterocycles. The van der Waals surface area contributed by atoms with Crippen molar-refractivity contribution in [3.63, 3.8) is 0 Å². The summed E-state index contributed by atoms with van der Waals surface area (Å²) < 4.78 is 18.8. The van der Waals surface area contributed by atoms with Crippen molar-refractivity contribution in [2.24, 2.45) is 0 Å². The van der Waals surface area contributed by atoms with Crippen molar-refractivity contribution in [1.82, 2.24) is 10.2 Å². The number of nitrogens with zero attached hydrogens (tertiary/aromatic N) is 2. The molecule has 1 fully saturated rings. The lowest BCUT2D eigenvalue weighted by Crippen LogP contribution is -2.50. The van der Waals surface area contributed by atoms with Gasteiger partial charge in [0.15, 0.2) is 6.61 Å². The molecule has 1 saturated heterocycles. The monoisotopic (exact) mass is 447 g/mol. The van der Waals surface area contributed by atoms with Gasteiger partial charge in [-0.1, -0.05) is 36.4 Å². The maximum absolute atomic E-state index is 13.1. The third kappa shape index (κ3) is 6.10. The van der Waals surface area contributed by atoms with Crippen LogP contribution in [0.1, 0.15) is 15.9 Å². The molecule has 3 aromatic rings. The van der Waals surface area contributed by atoms with E-state index in [2.05, 4.69) is 10.2 Å². The molecule has 4 rings (SSSR count). The minimum atomic E-state index is -0.262. The van der Waals surface area contributed by atoms with E-state index in [4.69, 9.17) is 4.74 Å². The quantitative estimate of drug-likeness (QED) is 0.603. The van der Waals surface area contributed by atoms with Crippen molar-refractivity contribution in [3.8, 4) is 5.75 Å². The zero-order valence-corrected chi connectivity index (χ0v) is 18.2. The molecule has 0 atom stereocenters. The topological polar surface area (TPSA) is 61.9 Å². The normalized spacial score (nSPS) is 13.5. The molecule has 0 aliphatic carbocycles. The predicted molar refractivity (Wildman–Crippen MR) is 125 cm³/mol. The molecule has 1 heterocycles. The number of rotatable bonds is 7. The molecule has 6 nitrogen and oxygen atoms in total. The molecule has 0 aromatic heterocycles. The van der Waals surface area contributed by atoms with Gasteiger partial charge in [-0.25, -0.2) is 4.39 Å². The van der Waals surface area contributed by atoms with Gasteiger partial charge in [-0.05, 0) is 48.0 Å². The minimum Gasteiger partial charge on any atom is -0.484 e. The van der Waals surface area contributed by atoms with E-state index < -0.39 is 0 Å². The van der Waals surface area contributed by atoms with Crippen LogP contribution in [-0.4, -0.2) is 49.5 Å². The lowest BCUT2D eigenvalue weighted by Gasteiger charge is -2.36. The van der Waals surface area contributed by atoms with Gasteiger partial charge in [-0.15, -0.1) is 0 Å². The number of hydrogen-bond acceptors (Lipinski definition) is 4. The van der Waals surface area contributed by atoms with Gasteiger partial charge in [-0.2, -0.15) is 0 Å². The van der Waals surface area contributed by atoms with Gasteiger partial charge in [0.25, 0.3) is 11.8 Å². The number of halogens is 1. The molecule has 7 heteroatoms. The summed E-state index contributed by atoms with van der Waals surface area (Å²) in [5, 5.41) is 2.88. The van der Waals surface area contributed by atoms with Crippen LogP contribution in [-0.2, 0) is 11.3 Å². The van der Waals surface area contributed by atoms with Gasteiger partial charge in [-0.3, -0.25) is 9.59 Å². The molecule has 0 unspecified atom stereocenters. The maximum atomic E-state index is 13.1. The first-order chi connectivity index (χ1) is 16.1. The summed E-state index contributed by atoms with van der Waals surface area (Å²) in [7, 11) is 0. The van der Waals surface area contributed by atoms with Crippen LogP contribution in [0.25, 0.3) is 0 Å². The smallest absolute Gasteiger partial charge is 0.260 e. The molecule has 0 spiro atoms. The van der Waals surface area contributed by atoms with Crippen LogP contribution in [0.2, 0.25) is 0 Å². The van der Waals surface area contributed by atoms with E-state index >= 15 is 0 Å². The number of carbonyl (C=O) groups is 2. The lowest BCUT2D eigenvalue weighted by molar-refractivity contribution is -0.133. The Labute approximate surface area is 192 Å². The number of amides is 2. The van der Waals surface area contributed by atoms with Gasteiger partial charge in [0, 0.05) is 44.0 Å². The van der Waals surface area contributed by atoms with Crippen molar-refractivity contribution in [3.05, 3.63) is 95.8 Å². The number of ether oxygens (including phenoxy) is 1. The lowest BCUT2D eigenvalue weighted by atomic mass is 10.2. The highest BCUT2D eigenvalue weighted by molar-refractivity contribution is 5.94. The summed E-state index contributed by atoms with van der Waals surface area (Å²) in [5.41, 5.74) is 2.44. The fourth-order valence-corrected chi connectivity index (χ4v) is 3.71. The first-order valence-corrected chi connectivity index (χ1v) is 10.9. The molecule has 1 N–H and O–H groups in total. The second-order valence-corrected chi connectivity index (χ2v) is 7.83. The van der Waals surface area contributed by atoms with Crippen molar-refractivity contribution >= 4 is 17.5 Å². The Kier molecular flexibility index (Phi) is 7.19. The van der Waals surface area contributed by atoms with E-state index in [1.807, 2.05) is 30.3 Å². The van der Waals surface area contributed by atoms with E-state index in [9.17, 15) is 14.0 Å². The van der Waals surface area contributed by atoms with Crippen LogP contribution in [0.5, 0.6) is 5.75 Å². The van der Waals surface area contributed by atoms with Gasteiger partial charge in [0.1, 0.15) is 11.6 Å². The third-order valence-corrected chi connectivity index (χ3v) is 5.58. The van der Waals surface area contributed by atoms with E-state index in [0.717, 1.165) is 11.3 Å². The summed E-state index contributed by atoms with van der Waals surface area (Å²) in [5.74, 6) is -0.0941. The van der Waals surface area contributed by atoms with Crippen LogP contribution in [0, 0.1) is 5.82 Å². The Bertz CT molecular complexity index is 1080. The highest BCUT2D eigenvalue weighted by Gasteiger charge is 2.21. The van der Waals surface area contributed by atoms with E-state index in [0.29, 0.717) is 44.0 Å². The Morgan fingerprint density at radius 1 is 0.879 bits per heavy atom. The summed E-state index contributed by atoms with van der Waals surface area (Å²) in [4.78, 5) is 28.9. The van der Waals surface area contributed by atoms with Crippen molar-refractivity contribution in [2.75, 3.05) is 37.7 Å². The number of carbonyl (C=O) groups excluding carboxylic acids is 2. The van der Waals surface area contributed by atoms with Gasteiger partial charge >= 0.3 is 0 Å². The summed E-state index contributed by atoms with van der Waals surface area (Å²) >= 11 is 0. The number of anilines is 1. The molecule has 2 amide bonds. The largest absolute Gasteiger partial charge is 0.484 e. The molecular formula is C26H26FN3O3. The molecular weight excluding hydrogens is 421 g/mol. The van der Waals surface area contributed by atoms with Crippen molar-refractivity contribution in [2.45, 2.75) is 6.54 Å². The first-order valence-electron chi connectivity index (χ1n) is 10.9. The standard InChI is InChI=1S/C26H26FN3O3/c27-22-9-11-23(12-10-22)29-13-15-30(16-14-29)25(31)19-33-24-8-4-7-21(17-24)26(32)28-18-20-5-2-1-3-6-20/h1-12,17H,13-16,18-19H2,(H,28,32). The van der Waals surface area contributed by atoms with Gasteiger partial charge < -0.3 is 19.9 Å². The minimum absolute atomic E-state index is 0.0916. The van der Waals surface area contributed by atoms with Crippen molar-refractivity contribution < 1.29 is 18.7 Å². The predicted octanol–water partition coefficient (Wildman–Crippen LogP) is 3.48. The Balaban J connectivity index is 1.25. The van der Waals surface area contributed by atoms with Crippen LogP contribution in [0.4, 0.5) is 10.1 Å². The third-order valence-electron chi connectivity index (χ3n) is 5.58. The summed E-state index contributed by atoms with van der Waals surface area (Å²) in [6, 6.07) is 22.9. The fraction of sp³-hybridized carbons (Fsp3) is 0.231. The Morgan fingerprint density at radius 2 is 1.61 bits per heavy atom. The van der Waals surface area contributed by atoms with Gasteiger partial charge in [0.2, 0.25) is 0 Å². The van der Waals surface area contributed by atoms with Crippen LogP contribution in [0.3, 0.4) is 0 Å². The SMILES string of the molecule is O=C(NCc1ccccc1)c1cccc(OCC(=O)N2CCN(c3ccc(F)cc3)CC2)c1. The number of hydrogen-bond donors (Lipinski definition) is 1. The molecule has 33 heavy (non-hydrogen) atoms. The van der Waals surface area contributed by atoms with Crippen LogP contribution >= 0.6 is 0 Å². The number of benzene rings is 3. The van der Waals surface area contributed by atoms with E-state index in [1.165, 1.54) is 12.1 Å². The van der Waals surface area contributed by atoms with Crippen molar-refractivity contribution in [1.29, 1.82) is 0 Å². The first kappa shape index (κ1) is 22.3. The molecule has 170 valence electrons. The number of nitrogens with one attached hydrogen (secondary N) is 1. The van der Waals surface area contributed by atoms with Crippen LogP contribution in [0.15, 0.2) is 78.9 Å². The van der Waals surface area contributed by atoms with E-state index in [-0.39, 0.29) is 24.2 Å². The molecule has 3 aromatic carbocycles. The molecule has 0 saturated carbocycles. The highest BCUT2D eigenvalue weighted by atomic mass is 19.1. The molecule has 0 radical (unpaired) electrons. The Morgan fingerprint density at radius 3 is 2.33 bits per heavy atom. The molecule has 1 aliphatic rings. The zero-order chi connectivity index (χ0) is 23.0. The zero-order valence-electron chi connectivity index (χ0n) is 18.2. The highest BCUT2D eigenvalue weighted by Crippen LogP contribution is 2.18. The van der Waals surface area contributed by atoms with Crippen LogP contribution < -0.4 is 15.0 Å². The molecule has 0 bridgehead atoms. The average Bonchev–Trinajstić information content (AvgIpc) is 2.87. The van der Waals surface area contributed by atoms with E-state index in [1.54, 1.807) is 41.3 Å². The fourth-order valence-electron chi connectivity index (χ4n) is 3.71. The second-order valence-electron chi connectivity index (χ2n) is 7.83. The maximum Gasteiger partial charge on any atom is 0.260 e. The average molecular weight is 448 g/mol. The summed E-state index contributed by atoms with van der Waals surface area (Å²) in [6.45, 7) is 2.84.